The van der Waals surface area contributed by atoms with Gasteiger partial charge >= 0.3 is 0 Å². The van der Waals surface area contributed by atoms with Crippen molar-refractivity contribution >= 4 is 37.6 Å². The van der Waals surface area contributed by atoms with E-state index in [1.54, 1.807) is 6.07 Å². The zero-order chi connectivity index (χ0) is 17.2. The quantitative estimate of drug-likeness (QED) is 0.739. The van der Waals surface area contributed by atoms with E-state index in [0.717, 1.165) is 12.1 Å². The van der Waals surface area contributed by atoms with Crippen LogP contribution >= 0.6 is 27.5 Å². The van der Waals surface area contributed by atoms with Crippen LogP contribution in [-0.2, 0) is 16.6 Å². The van der Waals surface area contributed by atoms with Gasteiger partial charge in [0.05, 0.1) is 12.1 Å². The maximum Gasteiger partial charge on any atom is 0.244 e. The molecule has 0 aliphatic heterocycles. The number of halogens is 4. The zero-order valence-corrected chi connectivity index (χ0v) is 14.9. The van der Waals surface area contributed by atoms with Crippen LogP contribution in [0.25, 0.3) is 0 Å². The van der Waals surface area contributed by atoms with Crippen LogP contribution in [0.5, 0.6) is 5.75 Å². The van der Waals surface area contributed by atoms with Crippen molar-refractivity contribution in [2.24, 2.45) is 0 Å². The standard InChI is InChI=1S/C14H11BrClF2NO3S/c1-22-12-5-2-8(15)6-13(12)23(20,21)19-7-9-11(17)4-3-10(16)14(9)18/h2-6,19H,7H2,1H3. The Labute approximate surface area is 145 Å². The first-order chi connectivity index (χ1) is 10.8. The highest BCUT2D eigenvalue weighted by molar-refractivity contribution is 9.10. The van der Waals surface area contributed by atoms with E-state index in [4.69, 9.17) is 16.3 Å². The van der Waals surface area contributed by atoms with E-state index in [1.807, 2.05) is 0 Å². The molecule has 0 unspecified atom stereocenters. The van der Waals surface area contributed by atoms with Gasteiger partial charge in [-0.05, 0) is 30.3 Å². The highest BCUT2D eigenvalue weighted by Gasteiger charge is 2.22. The summed E-state index contributed by atoms with van der Waals surface area (Å²) in [6, 6.07) is 6.41. The Bertz CT molecular complexity index is 846. The lowest BCUT2D eigenvalue weighted by atomic mass is 10.2. The molecule has 0 spiro atoms. The van der Waals surface area contributed by atoms with Crippen LogP contribution < -0.4 is 9.46 Å². The second-order valence-corrected chi connectivity index (χ2v) is 7.50. The molecule has 0 aliphatic rings. The van der Waals surface area contributed by atoms with Crippen molar-refractivity contribution < 1.29 is 21.9 Å². The van der Waals surface area contributed by atoms with Crippen LogP contribution in [0.2, 0.25) is 5.02 Å². The molecule has 23 heavy (non-hydrogen) atoms. The van der Waals surface area contributed by atoms with Gasteiger partial charge in [-0.3, -0.25) is 0 Å². The van der Waals surface area contributed by atoms with Gasteiger partial charge in [0.25, 0.3) is 0 Å². The number of hydrogen-bond donors (Lipinski definition) is 1. The van der Waals surface area contributed by atoms with E-state index >= 15 is 0 Å². The molecule has 0 bridgehead atoms. The van der Waals surface area contributed by atoms with Crippen molar-refractivity contribution in [2.75, 3.05) is 7.11 Å². The Kier molecular flexibility index (Phi) is 5.61. The SMILES string of the molecule is COc1ccc(Br)cc1S(=O)(=O)NCc1c(F)ccc(Cl)c1F. The maximum atomic E-state index is 13.8. The number of rotatable bonds is 5. The first-order valence-corrected chi connectivity index (χ1v) is 8.87. The van der Waals surface area contributed by atoms with Crippen molar-refractivity contribution in [3.05, 3.63) is 57.0 Å². The Balaban J connectivity index is 2.34. The van der Waals surface area contributed by atoms with Gasteiger partial charge in [-0.1, -0.05) is 27.5 Å². The molecule has 1 N–H and O–H groups in total. The van der Waals surface area contributed by atoms with Crippen LogP contribution in [0.4, 0.5) is 8.78 Å². The average Bonchev–Trinajstić information content (AvgIpc) is 2.51. The van der Waals surface area contributed by atoms with Gasteiger partial charge < -0.3 is 4.74 Å². The van der Waals surface area contributed by atoms with Gasteiger partial charge in [0, 0.05) is 16.6 Å². The predicted octanol–water partition coefficient (Wildman–Crippen LogP) is 3.87. The zero-order valence-electron chi connectivity index (χ0n) is 11.7. The van der Waals surface area contributed by atoms with Gasteiger partial charge in [0.15, 0.2) is 0 Å². The first kappa shape index (κ1) is 18.1. The lowest BCUT2D eigenvalue weighted by molar-refractivity contribution is 0.402. The molecule has 0 saturated heterocycles. The normalized spacial score (nSPS) is 11.5. The largest absolute Gasteiger partial charge is 0.495 e. The van der Waals surface area contributed by atoms with E-state index in [-0.39, 0.29) is 15.7 Å². The molecule has 0 saturated carbocycles. The van der Waals surface area contributed by atoms with Crippen molar-refractivity contribution in [3.63, 3.8) is 0 Å². The minimum Gasteiger partial charge on any atom is -0.495 e. The molecular formula is C14H11BrClF2NO3S. The van der Waals surface area contributed by atoms with E-state index in [9.17, 15) is 17.2 Å². The fraction of sp³-hybridized carbons (Fsp3) is 0.143. The lowest BCUT2D eigenvalue weighted by Gasteiger charge is -2.12. The molecule has 0 heterocycles. The van der Waals surface area contributed by atoms with Crippen molar-refractivity contribution in [3.8, 4) is 5.75 Å². The number of hydrogen-bond acceptors (Lipinski definition) is 3. The summed E-state index contributed by atoms with van der Waals surface area (Å²) in [4.78, 5) is -0.155. The average molecular weight is 427 g/mol. The van der Waals surface area contributed by atoms with Crippen LogP contribution in [0.15, 0.2) is 39.7 Å². The summed E-state index contributed by atoms with van der Waals surface area (Å²) >= 11 is 8.74. The number of sulfonamides is 1. The third-order valence-electron chi connectivity index (χ3n) is 2.99. The topological polar surface area (TPSA) is 55.4 Å². The molecule has 0 fully saturated rings. The number of ether oxygens (including phenoxy) is 1. The van der Waals surface area contributed by atoms with E-state index < -0.39 is 33.8 Å². The number of methoxy groups -OCH3 is 1. The molecule has 0 aliphatic carbocycles. The summed E-state index contributed by atoms with van der Waals surface area (Å²) in [5.41, 5.74) is -0.463. The second kappa shape index (κ2) is 7.12. The highest BCUT2D eigenvalue weighted by atomic mass is 79.9. The maximum absolute atomic E-state index is 13.8. The predicted molar refractivity (Wildman–Crippen MR) is 86.1 cm³/mol. The van der Waals surface area contributed by atoms with Crippen molar-refractivity contribution in [2.45, 2.75) is 11.4 Å². The Morgan fingerprint density at radius 3 is 2.61 bits per heavy atom. The van der Waals surface area contributed by atoms with Gasteiger partial charge in [-0.15, -0.1) is 0 Å². The number of nitrogens with one attached hydrogen (secondary N) is 1. The summed E-state index contributed by atoms with van der Waals surface area (Å²) in [6.07, 6.45) is 0. The fourth-order valence-corrected chi connectivity index (χ4v) is 3.71. The third-order valence-corrected chi connectivity index (χ3v) is 5.20. The molecule has 0 atom stereocenters. The fourth-order valence-electron chi connectivity index (χ4n) is 1.84. The molecule has 0 aromatic heterocycles. The smallest absolute Gasteiger partial charge is 0.244 e. The van der Waals surface area contributed by atoms with Gasteiger partial charge in [0.1, 0.15) is 22.3 Å². The molecule has 2 aromatic rings. The molecule has 0 radical (unpaired) electrons. The third kappa shape index (κ3) is 4.00. The Hall–Kier alpha value is -1.22. The molecular weight excluding hydrogens is 416 g/mol. The lowest BCUT2D eigenvalue weighted by Crippen LogP contribution is -2.25. The van der Waals surface area contributed by atoms with Crippen LogP contribution in [0.3, 0.4) is 0 Å². The summed E-state index contributed by atoms with van der Waals surface area (Å²) in [7, 11) is -2.73. The van der Waals surface area contributed by atoms with Crippen molar-refractivity contribution in [1.29, 1.82) is 0 Å². The molecule has 2 rings (SSSR count). The van der Waals surface area contributed by atoms with E-state index in [2.05, 4.69) is 20.7 Å². The number of benzene rings is 2. The van der Waals surface area contributed by atoms with Crippen molar-refractivity contribution in [1.82, 2.24) is 4.72 Å². The molecule has 0 amide bonds. The Morgan fingerprint density at radius 2 is 1.96 bits per heavy atom. The summed E-state index contributed by atoms with van der Waals surface area (Å²) < 4.78 is 59.8. The summed E-state index contributed by atoms with van der Waals surface area (Å²) in [5.74, 6) is -1.79. The second-order valence-electron chi connectivity index (χ2n) is 4.44. The van der Waals surface area contributed by atoms with Crippen LogP contribution in [0, 0.1) is 11.6 Å². The van der Waals surface area contributed by atoms with Crippen LogP contribution in [-0.4, -0.2) is 15.5 Å². The summed E-state index contributed by atoms with van der Waals surface area (Å²) in [6.45, 7) is -0.587. The summed E-state index contributed by atoms with van der Waals surface area (Å²) in [5, 5.41) is -0.291. The molecule has 2 aromatic carbocycles. The first-order valence-electron chi connectivity index (χ1n) is 6.22. The molecule has 9 heteroatoms. The van der Waals surface area contributed by atoms with Gasteiger partial charge in [-0.25, -0.2) is 21.9 Å². The monoisotopic (exact) mass is 425 g/mol. The van der Waals surface area contributed by atoms with Crippen LogP contribution in [0.1, 0.15) is 5.56 Å². The van der Waals surface area contributed by atoms with E-state index in [0.29, 0.717) is 4.47 Å². The highest BCUT2D eigenvalue weighted by Crippen LogP contribution is 2.28. The minimum absolute atomic E-state index is 0.104. The molecule has 4 nitrogen and oxygen atoms in total. The molecule has 124 valence electrons. The van der Waals surface area contributed by atoms with Gasteiger partial charge in [0.2, 0.25) is 10.0 Å². The Morgan fingerprint density at radius 1 is 1.26 bits per heavy atom. The van der Waals surface area contributed by atoms with Gasteiger partial charge in [-0.2, -0.15) is 0 Å². The minimum atomic E-state index is -4.05. The van der Waals surface area contributed by atoms with E-state index in [1.165, 1.54) is 19.2 Å².